The van der Waals surface area contributed by atoms with Crippen LogP contribution in [0.15, 0.2) is 12.3 Å². The monoisotopic (exact) mass is 191 g/mol. The van der Waals surface area contributed by atoms with E-state index in [4.69, 9.17) is 16.3 Å². The van der Waals surface area contributed by atoms with E-state index in [1.165, 1.54) is 6.20 Å². The van der Waals surface area contributed by atoms with Crippen molar-refractivity contribution in [2.75, 3.05) is 6.61 Å². The van der Waals surface area contributed by atoms with Crippen LogP contribution in [0.3, 0.4) is 0 Å². The van der Waals surface area contributed by atoms with Crippen LogP contribution >= 0.6 is 0 Å². The predicted molar refractivity (Wildman–Crippen MR) is 50.3 cm³/mol. The average Bonchev–Trinajstić information content (AvgIpc) is 2.14. The van der Waals surface area contributed by atoms with Gasteiger partial charge < -0.3 is 9.84 Å². The Kier molecular flexibility index (Phi) is 3.08. The molecule has 1 N–H and O–H groups in total. The number of carboxylic acid groups (broad SMARTS) is 1. The minimum atomic E-state index is -1.05. The fourth-order valence-electron chi connectivity index (χ4n) is 0.977. The van der Waals surface area contributed by atoms with E-state index in [0.717, 1.165) is 0 Å². The molecule has 1 aromatic heterocycles. The van der Waals surface area contributed by atoms with Crippen molar-refractivity contribution in [3.8, 4) is 18.1 Å². The summed E-state index contributed by atoms with van der Waals surface area (Å²) in [5.74, 6) is 1.73. The van der Waals surface area contributed by atoms with Crippen LogP contribution in [0.1, 0.15) is 16.1 Å². The molecular weight excluding hydrogens is 182 g/mol. The number of carbonyl (C=O) groups is 1. The van der Waals surface area contributed by atoms with Crippen LogP contribution < -0.4 is 4.74 Å². The van der Waals surface area contributed by atoms with Gasteiger partial charge >= 0.3 is 5.97 Å². The maximum atomic E-state index is 10.6. The smallest absolute Gasteiger partial charge is 0.354 e. The third-order valence-electron chi connectivity index (χ3n) is 1.58. The van der Waals surface area contributed by atoms with Gasteiger partial charge in [0.15, 0.2) is 5.69 Å². The van der Waals surface area contributed by atoms with Crippen molar-refractivity contribution in [1.29, 1.82) is 0 Å². The number of aromatic nitrogens is 1. The largest absolute Gasteiger partial charge is 0.479 e. The molecule has 0 bridgehead atoms. The Hall–Kier alpha value is -2.02. The summed E-state index contributed by atoms with van der Waals surface area (Å²) < 4.78 is 5.08. The van der Waals surface area contributed by atoms with Crippen LogP contribution in [0.5, 0.6) is 5.75 Å². The zero-order valence-corrected chi connectivity index (χ0v) is 7.65. The van der Waals surface area contributed by atoms with Gasteiger partial charge in [-0.2, -0.15) is 0 Å². The molecule has 0 aliphatic carbocycles. The number of hydrogen-bond acceptors (Lipinski definition) is 3. The average molecular weight is 191 g/mol. The third-order valence-corrected chi connectivity index (χ3v) is 1.58. The molecular formula is C10H9NO3. The lowest BCUT2D eigenvalue weighted by Gasteiger charge is -2.04. The quantitative estimate of drug-likeness (QED) is 0.727. The maximum absolute atomic E-state index is 10.6. The second kappa shape index (κ2) is 4.28. The highest BCUT2D eigenvalue weighted by atomic mass is 16.5. The molecule has 0 aliphatic heterocycles. The third kappa shape index (κ3) is 2.23. The lowest BCUT2D eigenvalue weighted by molar-refractivity contribution is 0.0689. The molecule has 1 rings (SSSR count). The first-order valence-corrected chi connectivity index (χ1v) is 3.91. The van der Waals surface area contributed by atoms with Crippen molar-refractivity contribution in [2.24, 2.45) is 0 Å². The fraction of sp³-hybridized carbons (Fsp3) is 0.200. The highest BCUT2D eigenvalue weighted by Gasteiger charge is 2.08. The van der Waals surface area contributed by atoms with E-state index in [1.54, 1.807) is 13.0 Å². The fourth-order valence-corrected chi connectivity index (χ4v) is 0.977. The Morgan fingerprint density at radius 2 is 2.50 bits per heavy atom. The van der Waals surface area contributed by atoms with Gasteiger partial charge in [0.2, 0.25) is 0 Å². The molecule has 0 radical (unpaired) electrons. The first kappa shape index (κ1) is 10.1. The molecule has 0 atom stereocenters. The molecule has 4 nitrogen and oxygen atoms in total. The SMILES string of the molecule is C#CCOc1cnc(C(=O)O)c(C)c1. The Bertz CT molecular complexity index is 393. The summed E-state index contributed by atoms with van der Waals surface area (Å²) in [4.78, 5) is 14.3. The number of terminal acetylenes is 1. The highest BCUT2D eigenvalue weighted by Crippen LogP contribution is 2.14. The zero-order valence-electron chi connectivity index (χ0n) is 7.65. The molecule has 0 unspecified atom stereocenters. The first-order chi connectivity index (χ1) is 6.65. The van der Waals surface area contributed by atoms with Gasteiger partial charge in [-0.05, 0) is 18.6 Å². The minimum Gasteiger partial charge on any atom is -0.479 e. The molecule has 1 heterocycles. The van der Waals surface area contributed by atoms with Gasteiger partial charge in [-0.15, -0.1) is 6.42 Å². The van der Waals surface area contributed by atoms with E-state index in [9.17, 15) is 4.79 Å². The topological polar surface area (TPSA) is 59.4 Å². The normalized spacial score (nSPS) is 9.14. The van der Waals surface area contributed by atoms with Gasteiger partial charge in [-0.1, -0.05) is 5.92 Å². The summed E-state index contributed by atoms with van der Waals surface area (Å²) in [6.45, 7) is 1.80. The number of aromatic carboxylic acids is 1. The number of nitrogens with zero attached hydrogens (tertiary/aromatic N) is 1. The number of hydrogen-bond donors (Lipinski definition) is 1. The van der Waals surface area contributed by atoms with Crippen molar-refractivity contribution in [3.05, 3.63) is 23.5 Å². The van der Waals surface area contributed by atoms with Crippen molar-refractivity contribution in [3.63, 3.8) is 0 Å². The minimum absolute atomic E-state index is 0.0260. The molecule has 4 heteroatoms. The van der Waals surface area contributed by atoms with Crippen LogP contribution in [0, 0.1) is 19.3 Å². The summed E-state index contributed by atoms with van der Waals surface area (Å²) in [5.41, 5.74) is 0.574. The molecule has 0 amide bonds. The lowest BCUT2D eigenvalue weighted by Crippen LogP contribution is -2.04. The first-order valence-electron chi connectivity index (χ1n) is 3.91. The second-order valence-electron chi connectivity index (χ2n) is 2.63. The highest BCUT2D eigenvalue weighted by molar-refractivity contribution is 5.87. The second-order valence-corrected chi connectivity index (χ2v) is 2.63. The maximum Gasteiger partial charge on any atom is 0.354 e. The molecule has 72 valence electrons. The molecule has 0 fully saturated rings. The van der Waals surface area contributed by atoms with Crippen molar-refractivity contribution in [2.45, 2.75) is 6.92 Å². The van der Waals surface area contributed by atoms with Crippen molar-refractivity contribution < 1.29 is 14.6 Å². The molecule has 0 aromatic carbocycles. The van der Waals surface area contributed by atoms with E-state index in [0.29, 0.717) is 11.3 Å². The lowest BCUT2D eigenvalue weighted by atomic mass is 10.2. The summed E-state index contributed by atoms with van der Waals surface area (Å²) in [6, 6.07) is 1.59. The Morgan fingerprint density at radius 1 is 1.79 bits per heavy atom. The number of carboxylic acids is 1. The number of aryl methyl sites for hydroxylation is 1. The van der Waals surface area contributed by atoms with Gasteiger partial charge in [-0.25, -0.2) is 9.78 Å². The van der Waals surface area contributed by atoms with Crippen LogP contribution in [0.25, 0.3) is 0 Å². The number of rotatable bonds is 3. The predicted octanol–water partition coefficient (Wildman–Crippen LogP) is 1.10. The Balaban J connectivity index is 2.90. The summed E-state index contributed by atoms with van der Waals surface area (Å²) in [5, 5.41) is 8.70. The molecule has 0 aliphatic rings. The van der Waals surface area contributed by atoms with E-state index in [-0.39, 0.29) is 12.3 Å². The van der Waals surface area contributed by atoms with E-state index < -0.39 is 5.97 Å². The molecule has 1 aromatic rings. The van der Waals surface area contributed by atoms with Crippen molar-refractivity contribution >= 4 is 5.97 Å². The van der Waals surface area contributed by atoms with E-state index in [2.05, 4.69) is 10.9 Å². The Labute approximate surface area is 81.5 Å². The van der Waals surface area contributed by atoms with Crippen molar-refractivity contribution in [1.82, 2.24) is 4.98 Å². The summed E-state index contributed by atoms with van der Waals surface area (Å²) in [7, 11) is 0. The summed E-state index contributed by atoms with van der Waals surface area (Å²) >= 11 is 0. The molecule has 0 spiro atoms. The van der Waals surface area contributed by atoms with Crippen LogP contribution in [0.4, 0.5) is 0 Å². The standard InChI is InChI=1S/C10H9NO3/c1-3-4-14-8-5-7(2)9(10(12)13)11-6-8/h1,5-6H,4H2,2H3,(H,12,13). The Morgan fingerprint density at radius 3 is 3.00 bits per heavy atom. The van der Waals surface area contributed by atoms with Gasteiger partial charge in [0, 0.05) is 0 Å². The van der Waals surface area contributed by atoms with Gasteiger partial charge in [0.25, 0.3) is 0 Å². The molecule has 0 saturated heterocycles. The van der Waals surface area contributed by atoms with Gasteiger partial charge in [0.1, 0.15) is 12.4 Å². The van der Waals surface area contributed by atoms with Gasteiger partial charge in [0.05, 0.1) is 6.20 Å². The number of pyridine rings is 1. The van der Waals surface area contributed by atoms with Crippen LogP contribution in [-0.2, 0) is 0 Å². The number of ether oxygens (including phenoxy) is 1. The van der Waals surface area contributed by atoms with E-state index in [1.807, 2.05) is 0 Å². The molecule has 14 heavy (non-hydrogen) atoms. The van der Waals surface area contributed by atoms with Crippen LogP contribution in [-0.4, -0.2) is 22.7 Å². The summed E-state index contributed by atoms with van der Waals surface area (Å²) in [6.07, 6.45) is 6.34. The zero-order chi connectivity index (χ0) is 10.6. The molecule has 0 saturated carbocycles. The van der Waals surface area contributed by atoms with Gasteiger partial charge in [-0.3, -0.25) is 0 Å². The van der Waals surface area contributed by atoms with Crippen LogP contribution in [0.2, 0.25) is 0 Å². The van der Waals surface area contributed by atoms with E-state index >= 15 is 0 Å².